The molecule has 1 aromatic heterocycles. The Hall–Kier alpha value is -0.920. The first-order chi connectivity index (χ1) is 7.53. The van der Waals surface area contributed by atoms with Crippen molar-refractivity contribution in [2.75, 3.05) is 23.7 Å². The minimum atomic E-state index is -3.44. The van der Waals surface area contributed by atoms with E-state index in [9.17, 15) is 8.42 Å². The van der Waals surface area contributed by atoms with Crippen LogP contribution in [0.4, 0.5) is 5.82 Å². The summed E-state index contributed by atoms with van der Waals surface area (Å²) in [5, 5.41) is 0.206. The van der Waals surface area contributed by atoms with Crippen molar-refractivity contribution in [3.8, 4) is 0 Å². The lowest BCUT2D eigenvalue weighted by Crippen LogP contribution is -2.20. The van der Waals surface area contributed by atoms with Gasteiger partial charge in [-0.15, -0.1) is 0 Å². The van der Waals surface area contributed by atoms with E-state index in [1.165, 1.54) is 12.4 Å². The van der Waals surface area contributed by atoms with Gasteiger partial charge in [0, 0.05) is 6.61 Å². The minimum absolute atomic E-state index is 0.120. The second-order valence-electron chi connectivity index (χ2n) is 2.84. The topological polar surface area (TPSA) is 81.2 Å². The molecule has 16 heavy (non-hydrogen) atoms. The normalized spacial score (nSPS) is 11.4. The Kier molecular flexibility index (Phi) is 4.91. The number of aromatic nitrogens is 2. The lowest BCUT2D eigenvalue weighted by atomic mass is 10.7. The van der Waals surface area contributed by atoms with E-state index >= 15 is 0 Å². The first kappa shape index (κ1) is 13.1. The van der Waals surface area contributed by atoms with Crippen LogP contribution in [0.15, 0.2) is 12.4 Å². The lowest BCUT2D eigenvalue weighted by Gasteiger charge is -2.06. The van der Waals surface area contributed by atoms with Crippen molar-refractivity contribution in [3.63, 3.8) is 0 Å². The Labute approximate surface area is 99.1 Å². The molecule has 1 aromatic rings. The summed E-state index contributed by atoms with van der Waals surface area (Å²) in [5.74, 6) is 0.0198. The molecule has 0 bridgehead atoms. The Balaban J connectivity index is 2.55. The van der Waals surface area contributed by atoms with Gasteiger partial charge in [-0.05, 0) is 6.92 Å². The summed E-state index contributed by atoms with van der Waals surface area (Å²) in [6.45, 7) is 2.42. The Bertz CT molecular complexity index is 421. The Morgan fingerprint density at radius 2 is 2.19 bits per heavy atom. The number of rotatable bonds is 6. The number of anilines is 1. The largest absolute Gasteiger partial charge is 0.381 e. The Morgan fingerprint density at radius 3 is 2.75 bits per heavy atom. The molecule has 0 aromatic carbocycles. The number of nitrogens with zero attached hydrogens (tertiary/aromatic N) is 2. The third-order valence-electron chi connectivity index (χ3n) is 1.58. The molecule has 90 valence electrons. The van der Waals surface area contributed by atoms with Gasteiger partial charge in [-0.25, -0.2) is 18.4 Å². The van der Waals surface area contributed by atoms with E-state index in [0.717, 1.165) is 0 Å². The molecule has 1 heterocycles. The van der Waals surface area contributed by atoms with Crippen LogP contribution in [0.2, 0.25) is 5.15 Å². The maximum absolute atomic E-state index is 11.5. The van der Waals surface area contributed by atoms with E-state index in [0.29, 0.717) is 6.61 Å². The number of sulfonamides is 1. The Morgan fingerprint density at radius 1 is 1.44 bits per heavy atom. The molecule has 0 aliphatic carbocycles. The van der Waals surface area contributed by atoms with Crippen LogP contribution < -0.4 is 4.72 Å². The molecule has 0 aliphatic rings. The third kappa shape index (κ3) is 4.73. The molecule has 0 unspecified atom stereocenters. The second kappa shape index (κ2) is 5.97. The summed E-state index contributed by atoms with van der Waals surface area (Å²) >= 11 is 5.51. The predicted molar refractivity (Wildman–Crippen MR) is 60.9 cm³/mol. The molecule has 6 nitrogen and oxygen atoms in total. The van der Waals surface area contributed by atoms with Gasteiger partial charge in [0.2, 0.25) is 10.0 Å². The van der Waals surface area contributed by atoms with E-state index in [1.807, 2.05) is 0 Å². The van der Waals surface area contributed by atoms with Crippen molar-refractivity contribution in [1.82, 2.24) is 9.97 Å². The average Bonchev–Trinajstić information content (AvgIpc) is 2.21. The van der Waals surface area contributed by atoms with Gasteiger partial charge in [0.25, 0.3) is 0 Å². The molecule has 0 fully saturated rings. The third-order valence-corrected chi connectivity index (χ3v) is 3.00. The summed E-state index contributed by atoms with van der Waals surface area (Å²) in [5.41, 5.74) is 0. The number of ether oxygens (including phenoxy) is 1. The first-order valence-corrected chi connectivity index (χ1v) is 6.62. The molecular weight excluding hydrogens is 254 g/mol. The average molecular weight is 266 g/mol. The SMILES string of the molecule is CCOCCS(=O)(=O)Nc1cnc(Cl)cn1. The molecule has 0 saturated carbocycles. The zero-order valence-electron chi connectivity index (χ0n) is 8.68. The van der Waals surface area contributed by atoms with Crippen LogP contribution in [-0.2, 0) is 14.8 Å². The molecular formula is C8H12ClN3O3S. The zero-order chi connectivity index (χ0) is 12.0. The van der Waals surface area contributed by atoms with Crippen molar-refractivity contribution >= 4 is 27.4 Å². The highest BCUT2D eigenvalue weighted by atomic mass is 35.5. The van der Waals surface area contributed by atoms with Gasteiger partial charge in [-0.2, -0.15) is 0 Å². The van der Waals surface area contributed by atoms with Gasteiger partial charge in [-0.1, -0.05) is 11.6 Å². The van der Waals surface area contributed by atoms with Gasteiger partial charge >= 0.3 is 0 Å². The van der Waals surface area contributed by atoms with Gasteiger partial charge in [-0.3, -0.25) is 4.72 Å². The van der Waals surface area contributed by atoms with E-state index in [2.05, 4.69) is 14.7 Å². The van der Waals surface area contributed by atoms with Crippen LogP contribution in [0.5, 0.6) is 0 Å². The van der Waals surface area contributed by atoms with E-state index < -0.39 is 10.0 Å². The number of halogens is 1. The molecule has 0 atom stereocenters. The van der Waals surface area contributed by atoms with Crippen molar-refractivity contribution in [2.45, 2.75) is 6.92 Å². The molecule has 1 N–H and O–H groups in total. The van der Waals surface area contributed by atoms with Crippen LogP contribution in [-0.4, -0.2) is 37.4 Å². The van der Waals surface area contributed by atoms with Crippen molar-refractivity contribution in [2.24, 2.45) is 0 Å². The second-order valence-corrected chi connectivity index (χ2v) is 5.07. The summed E-state index contributed by atoms with van der Waals surface area (Å²) < 4.78 is 30.1. The van der Waals surface area contributed by atoms with Crippen molar-refractivity contribution in [3.05, 3.63) is 17.5 Å². The fraction of sp³-hybridized carbons (Fsp3) is 0.500. The summed E-state index contributed by atoms with van der Waals surface area (Å²) in [7, 11) is -3.44. The summed E-state index contributed by atoms with van der Waals surface area (Å²) in [6, 6.07) is 0. The van der Waals surface area contributed by atoms with Gasteiger partial charge in [0.05, 0.1) is 24.8 Å². The zero-order valence-corrected chi connectivity index (χ0v) is 10.3. The van der Waals surface area contributed by atoms with E-state index in [1.54, 1.807) is 6.92 Å². The standard InChI is InChI=1S/C8H12ClN3O3S/c1-2-15-3-4-16(13,14)12-8-6-10-7(9)5-11-8/h5-6H,2-4H2,1H3,(H,11,12). The molecule has 0 amide bonds. The van der Waals surface area contributed by atoms with Crippen LogP contribution >= 0.6 is 11.6 Å². The highest BCUT2D eigenvalue weighted by Crippen LogP contribution is 2.07. The van der Waals surface area contributed by atoms with Crippen molar-refractivity contribution in [1.29, 1.82) is 0 Å². The van der Waals surface area contributed by atoms with Gasteiger partial charge in [0.1, 0.15) is 5.15 Å². The maximum Gasteiger partial charge on any atom is 0.236 e. The highest BCUT2D eigenvalue weighted by molar-refractivity contribution is 7.92. The molecule has 1 rings (SSSR count). The molecule has 0 saturated heterocycles. The van der Waals surface area contributed by atoms with Gasteiger partial charge < -0.3 is 4.74 Å². The molecule has 0 spiro atoms. The smallest absolute Gasteiger partial charge is 0.236 e. The number of hydrogen-bond donors (Lipinski definition) is 1. The number of nitrogens with one attached hydrogen (secondary N) is 1. The van der Waals surface area contributed by atoms with Crippen LogP contribution in [0, 0.1) is 0 Å². The van der Waals surface area contributed by atoms with Crippen LogP contribution in [0.1, 0.15) is 6.92 Å². The quantitative estimate of drug-likeness (QED) is 0.773. The monoisotopic (exact) mass is 265 g/mol. The number of hydrogen-bond acceptors (Lipinski definition) is 5. The predicted octanol–water partition coefficient (Wildman–Crippen LogP) is 0.908. The van der Waals surface area contributed by atoms with E-state index in [4.69, 9.17) is 16.3 Å². The van der Waals surface area contributed by atoms with Crippen LogP contribution in [0.3, 0.4) is 0 Å². The van der Waals surface area contributed by atoms with Crippen LogP contribution in [0.25, 0.3) is 0 Å². The molecule has 8 heteroatoms. The fourth-order valence-electron chi connectivity index (χ4n) is 0.888. The summed E-state index contributed by atoms with van der Waals surface area (Å²) in [4.78, 5) is 7.47. The van der Waals surface area contributed by atoms with Gasteiger partial charge in [0.15, 0.2) is 5.82 Å². The summed E-state index contributed by atoms with van der Waals surface area (Å²) in [6.07, 6.45) is 2.52. The lowest BCUT2D eigenvalue weighted by molar-refractivity contribution is 0.163. The molecule has 0 radical (unpaired) electrons. The fourth-order valence-corrected chi connectivity index (χ4v) is 1.85. The van der Waals surface area contributed by atoms with E-state index in [-0.39, 0.29) is 23.3 Å². The first-order valence-electron chi connectivity index (χ1n) is 4.59. The highest BCUT2D eigenvalue weighted by Gasteiger charge is 2.10. The molecule has 0 aliphatic heterocycles. The minimum Gasteiger partial charge on any atom is -0.381 e. The maximum atomic E-state index is 11.5. The van der Waals surface area contributed by atoms with Crippen molar-refractivity contribution < 1.29 is 13.2 Å².